The van der Waals surface area contributed by atoms with Crippen molar-refractivity contribution >= 4 is 0 Å². The molecule has 12 aromatic rings. The van der Waals surface area contributed by atoms with Gasteiger partial charge in [-0.25, -0.2) is 9.97 Å². The summed E-state index contributed by atoms with van der Waals surface area (Å²) in [5, 5.41) is 19.0. The smallest absolute Gasteiger partial charge is 0.182 e. The fourth-order valence-electron chi connectivity index (χ4n) is 13.4. The lowest BCUT2D eigenvalue weighted by Gasteiger charge is -2.40. The summed E-state index contributed by atoms with van der Waals surface area (Å²) >= 11 is 0. The average Bonchev–Trinajstić information content (AvgIpc) is 2.91. The SMILES string of the molecule is Cc1nnc(-c2cccc3c2-c2ccccc2C32c3ccccc3Oc3ccc(-c4ccc5c(c4)Oc4ccc(-c6nnc(-c7ccccc7)c(-c7ccccc7)n6)cc4C54c5ccccc5-c5ccccc54)cc32)c(C)n1. The fraction of sp³-hybridized carbons (Fsp3) is 0.0571. The zero-order valence-corrected chi connectivity index (χ0v) is 42.4. The van der Waals surface area contributed by atoms with E-state index in [1.54, 1.807) is 0 Å². The Morgan fingerprint density at radius 1 is 0.295 bits per heavy atom. The van der Waals surface area contributed by atoms with E-state index in [1.807, 2.05) is 50.2 Å². The number of aromatic nitrogens is 6. The molecule has 0 saturated heterocycles. The predicted octanol–water partition coefficient (Wildman–Crippen LogP) is 15.9. The van der Waals surface area contributed by atoms with Gasteiger partial charge in [-0.15, -0.1) is 20.4 Å². The van der Waals surface area contributed by atoms with Gasteiger partial charge >= 0.3 is 0 Å². The molecule has 16 rings (SSSR count). The maximum atomic E-state index is 7.24. The Labute approximate surface area is 450 Å². The first-order valence-corrected chi connectivity index (χ1v) is 26.3. The van der Waals surface area contributed by atoms with Gasteiger partial charge in [-0.05, 0) is 112 Å². The van der Waals surface area contributed by atoms with Gasteiger partial charge in [-0.1, -0.05) is 188 Å². The van der Waals surface area contributed by atoms with Crippen molar-refractivity contribution in [1.82, 2.24) is 30.4 Å². The van der Waals surface area contributed by atoms with Crippen molar-refractivity contribution in [2.45, 2.75) is 24.7 Å². The number of aryl methyl sites for hydroxylation is 2. The number of benzene rings is 10. The molecule has 10 aromatic carbocycles. The molecule has 2 spiro atoms. The molecule has 2 aliphatic carbocycles. The molecule has 2 aromatic heterocycles. The molecular weight excluding hydrogens is 957 g/mol. The molecule has 0 saturated carbocycles. The number of fused-ring (bicyclic) bond motifs is 18. The van der Waals surface area contributed by atoms with Gasteiger partial charge in [0.05, 0.1) is 16.5 Å². The number of rotatable bonds is 5. The maximum absolute atomic E-state index is 7.24. The lowest BCUT2D eigenvalue weighted by atomic mass is 9.65. The van der Waals surface area contributed by atoms with Crippen LogP contribution in [0.5, 0.6) is 23.0 Å². The third-order valence-corrected chi connectivity index (χ3v) is 16.5. The largest absolute Gasteiger partial charge is 0.457 e. The molecule has 8 nitrogen and oxygen atoms in total. The molecule has 1 atom stereocenters. The molecule has 4 aliphatic rings. The minimum Gasteiger partial charge on any atom is -0.457 e. The van der Waals surface area contributed by atoms with Gasteiger partial charge in [-0.2, -0.15) is 0 Å². The third kappa shape index (κ3) is 6.11. The lowest BCUT2D eigenvalue weighted by Crippen LogP contribution is -2.32. The zero-order valence-electron chi connectivity index (χ0n) is 42.4. The van der Waals surface area contributed by atoms with Crippen LogP contribution >= 0.6 is 0 Å². The molecule has 0 radical (unpaired) electrons. The second-order valence-electron chi connectivity index (χ2n) is 20.6. The Hall–Kier alpha value is -10.2. The van der Waals surface area contributed by atoms with Gasteiger partial charge in [-0.3, -0.25) is 0 Å². The second kappa shape index (κ2) is 16.7. The van der Waals surface area contributed by atoms with Crippen LogP contribution in [0.3, 0.4) is 0 Å². The lowest BCUT2D eigenvalue weighted by molar-refractivity contribution is 0.436. The molecule has 0 fully saturated rings. The van der Waals surface area contributed by atoms with Crippen molar-refractivity contribution in [2.24, 2.45) is 0 Å². The van der Waals surface area contributed by atoms with Crippen molar-refractivity contribution < 1.29 is 9.47 Å². The average molecular weight is 1000 g/mol. The highest BCUT2D eigenvalue weighted by atomic mass is 16.5. The summed E-state index contributed by atoms with van der Waals surface area (Å²) in [5.41, 5.74) is 21.0. The molecule has 0 N–H and O–H groups in total. The standard InChI is InChI=1S/C70H44N6O2/c1-41-65(74-73-42(2)71-41)51-25-17-30-57-64(51)50-24-11-14-28-54(50)70(57)55-29-15-16-31-60(55)77-61-36-33-45(38-58(61)70)46-32-35-56-63(40-46)78-62-37-34-47(39-59(62)69(56)52-26-12-9-22-48(52)49-23-10-13-27-53(49)69)68-72-66(43-18-5-3-6-19-43)67(75-76-68)44-20-7-4-8-21-44/h3-40H,1-2H3. The minimum absolute atomic E-state index is 0.531. The Morgan fingerprint density at radius 2 is 0.782 bits per heavy atom. The van der Waals surface area contributed by atoms with E-state index in [9.17, 15) is 0 Å². The molecule has 0 amide bonds. The Balaban J connectivity index is 0.882. The molecular formula is C70H44N6O2. The van der Waals surface area contributed by atoms with E-state index in [4.69, 9.17) is 34.7 Å². The first-order chi connectivity index (χ1) is 38.5. The highest BCUT2D eigenvalue weighted by Crippen LogP contribution is 2.65. The monoisotopic (exact) mass is 1000 g/mol. The van der Waals surface area contributed by atoms with Gasteiger partial charge in [0.1, 0.15) is 45.9 Å². The van der Waals surface area contributed by atoms with Crippen LogP contribution in [0.1, 0.15) is 56.0 Å². The van der Waals surface area contributed by atoms with Crippen LogP contribution in [0.2, 0.25) is 0 Å². The second-order valence-corrected chi connectivity index (χ2v) is 20.6. The van der Waals surface area contributed by atoms with Crippen molar-refractivity contribution in [3.8, 4) is 102 Å². The van der Waals surface area contributed by atoms with Crippen LogP contribution in [0.15, 0.2) is 231 Å². The summed E-state index contributed by atoms with van der Waals surface area (Å²) in [6.07, 6.45) is 0. The molecule has 78 heavy (non-hydrogen) atoms. The van der Waals surface area contributed by atoms with E-state index in [0.29, 0.717) is 11.6 Å². The van der Waals surface area contributed by atoms with E-state index in [1.165, 1.54) is 27.8 Å². The van der Waals surface area contributed by atoms with Crippen LogP contribution in [0.25, 0.3) is 78.5 Å². The van der Waals surface area contributed by atoms with Gasteiger partial charge in [0.2, 0.25) is 0 Å². The molecule has 4 heterocycles. The predicted molar refractivity (Wildman–Crippen MR) is 305 cm³/mol. The van der Waals surface area contributed by atoms with Gasteiger partial charge in [0.25, 0.3) is 0 Å². The molecule has 8 heteroatoms. The number of ether oxygens (including phenoxy) is 2. The highest BCUT2D eigenvalue weighted by Gasteiger charge is 2.53. The highest BCUT2D eigenvalue weighted by molar-refractivity contribution is 5.97. The van der Waals surface area contributed by atoms with Crippen LogP contribution in [0, 0.1) is 13.8 Å². The third-order valence-electron chi connectivity index (χ3n) is 16.5. The molecule has 1 unspecified atom stereocenters. The van der Waals surface area contributed by atoms with Crippen molar-refractivity contribution in [3.63, 3.8) is 0 Å². The van der Waals surface area contributed by atoms with Crippen LogP contribution in [0.4, 0.5) is 0 Å². The summed E-state index contributed by atoms with van der Waals surface area (Å²) in [6.45, 7) is 3.90. The fourth-order valence-corrected chi connectivity index (χ4v) is 13.4. The molecule has 2 aliphatic heterocycles. The normalized spacial score (nSPS) is 15.2. The zero-order chi connectivity index (χ0) is 51.7. The quantitative estimate of drug-likeness (QED) is 0.168. The van der Waals surface area contributed by atoms with E-state index in [0.717, 1.165) is 118 Å². The molecule has 0 bridgehead atoms. The Morgan fingerprint density at radius 3 is 1.49 bits per heavy atom. The first-order valence-electron chi connectivity index (χ1n) is 26.3. The van der Waals surface area contributed by atoms with Crippen molar-refractivity contribution in [2.75, 3.05) is 0 Å². The van der Waals surface area contributed by atoms with Crippen LogP contribution in [-0.2, 0) is 10.8 Å². The van der Waals surface area contributed by atoms with Gasteiger partial charge in [0, 0.05) is 44.5 Å². The summed E-state index contributed by atoms with van der Waals surface area (Å²) in [7, 11) is 0. The summed E-state index contributed by atoms with van der Waals surface area (Å²) < 4.78 is 14.2. The molecule has 366 valence electrons. The van der Waals surface area contributed by atoms with E-state index >= 15 is 0 Å². The number of nitrogens with zero attached hydrogens (tertiary/aromatic N) is 6. The topological polar surface area (TPSA) is 95.8 Å². The van der Waals surface area contributed by atoms with Gasteiger partial charge < -0.3 is 9.47 Å². The van der Waals surface area contributed by atoms with Crippen LogP contribution in [-0.4, -0.2) is 30.4 Å². The minimum atomic E-state index is -0.744. The maximum Gasteiger partial charge on any atom is 0.182 e. The first kappa shape index (κ1) is 44.1. The Bertz CT molecular complexity index is 4450. The van der Waals surface area contributed by atoms with Gasteiger partial charge in [0.15, 0.2) is 5.82 Å². The summed E-state index contributed by atoms with van der Waals surface area (Å²) in [4.78, 5) is 10.1. The summed E-state index contributed by atoms with van der Waals surface area (Å²) in [5.74, 6) is 4.36. The van der Waals surface area contributed by atoms with E-state index < -0.39 is 10.8 Å². The summed E-state index contributed by atoms with van der Waals surface area (Å²) in [6, 6.07) is 81.7. The van der Waals surface area contributed by atoms with Crippen LogP contribution < -0.4 is 9.47 Å². The van der Waals surface area contributed by atoms with E-state index in [-0.39, 0.29) is 0 Å². The van der Waals surface area contributed by atoms with Crippen molar-refractivity contribution in [1.29, 1.82) is 0 Å². The number of para-hydroxylation sites is 1. The number of hydrogen-bond donors (Lipinski definition) is 0. The number of hydrogen-bond acceptors (Lipinski definition) is 8. The van der Waals surface area contributed by atoms with Crippen molar-refractivity contribution in [3.05, 3.63) is 287 Å². The Kier molecular flexibility index (Phi) is 9.43. The van der Waals surface area contributed by atoms with E-state index in [2.05, 4.69) is 199 Å².